The monoisotopic (exact) mass is 489 g/mol. The first-order chi connectivity index (χ1) is 17.1. The van der Waals surface area contributed by atoms with E-state index in [4.69, 9.17) is 9.40 Å². The number of hydrogen-bond donors (Lipinski definition) is 0. The molecule has 0 aliphatic heterocycles. The van der Waals surface area contributed by atoms with Crippen molar-refractivity contribution in [3.05, 3.63) is 87.9 Å². The normalized spacial score (nSPS) is 12.3. The maximum Gasteiger partial charge on any atom is 0.144 e. The minimum Gasteiger partial charge on any atom is -0.455 e. The predicted molar refractivity (Wildman–Crippen MR) is 155 cm³/mol. The molecule has 0 saturated heterocycles. The maximum atomic E-state index is 6.54. The highest BCUT2D eigenvalue weighted by Gasteiger charge is 2.24. The lowest BCUT2D eigenvalue weighted by molar-refractivity contribution is 0.591. The SMILES string of the molecule is Cc1cccc(C)c1-c1cnc(-c2cccc3c2oc2ccc4c(C)c(C)sc4c23)cc1C(C)(C)C. The zero-order chi connectivity index (χ0) is 25.4. The molecular weight excluding hydrogens is 458 g/mol. The molecule has 2 nitrogen and oxygen atoms in total. The first-order valence-electron chi connectivity index (χ1n) is 12.6. The second kappa shape index (κ2) is 8.04. The molecule has 0 aliphatic carbocycles. The van der Waals surface area contributed by atoms with Crippen LogP contribution < -0.4 is 0 Å². The van der Waals surface area contributed by atoms with Gasteiger partial charge in [0.15, 0.2) is 0 Å². The number of pyridine rings is 1. The number of aromatic nitrogens is 1. The summed E-state index contributed by atoms with van der Waals surface area (Å²) < 4.78 is 7.85. The van der Waals surface area contributed by atoms with Crippen molar-refractivity contribution >= 4 is 43.4 Å². The molecule has 6 rings (SSSR count). The number of hydrogen-bond acceptors (Lipinski definition) is 3. The van der Waals surface area contributed by atoms with Crippen LogP contribution in [0.1, 0.15) is 47.9 Å². The zero-order valence-corrected chi connectivity index (χ0v) is 22.9. The Labute approximate surface area is 216 Å². The molecule has 3 aromatic heterocycles. The Morgan fingerprint density at radius 2 is 1.53 bits per heavy atom. The Kier molecular flexibility index (Phi) is 5.14. The minimum atomic E-state index is -0.0400. The van der Waals surface area contributed by atoms with Gasteiger partial charge in [0, 0.05) is 37.7 Å². The van der Waals surface area contributed by atoms with Crippen LogP contribution in [0.2, 0.25) is 0 Å². The van der Waals surface area contributed by atoms with Gasteiger partial charge in [-0.15, -0.1) is 11.3 Å². The van der Waals surface area contributed by atoms with Crippen molar-refractivity contribution in [1.29, 1.82) is 0 Å². The summed E-state index contributed by atoms with van der Waals surface area (Å²) >= 11 is 1.86. The van der Waals surface area contributed by atoms with E-state index in [0.717, 1.165) is 27.8 Å². The van der Waals surface area contributed by atoms with Crippen molar-refractivity contribution < 1.29 is 4.42 Å². The highest BCUT2D eigenvalue weighted by Crippen LogP contribution is 2.44. The lowest BCUT2D eigenvalue weighted by Gasteiger charge is -2.25. The van der Waals surface area contributed by atoms with Crippen molar-refractivity contribution in [3.8, 4) is 22.4 Å². The molecule has 0 atom stereocenters. The van der Waals surface area contributed by atoms with Gasteiger partial charge in [0.2, 0.25) is 0 Å². The molecule has 0 fully saturated rings. The first-order valence-corrected chi connectivity index (χ1v) is 13.4. The number of aryl methyl sites for hydroxylation is 4. The molecule has 0 amide bonds. The zero-order valence-electron chi connectivity index (χ0n) is 22.0. The number of furan rings is 1. The number of benzene rings is 3. The topological polar surface area (TPSA) is 26.0 Å². The van der Waals surface area contributed by atoms with E-state index in [1.54, 1.807) is 0 Å². The van der Waals surface area contributed by atoms with Gasteiger partial charge >= 0.3 is 0 Å². The Balaban J connectivity index is 1.62. The minimum absolute atomic E-state index is 0.0400. The molecule has 36 heavy (non-hydrogen) atoms. The Hall–Kier alpha value is -3.43. The summed E-state index contributed by atoms with van der Waals surface area (Å²) in [6.45, 7) is 15.6. The lowest BCUT2D eigenvalue weighted by atomic mass is 9.80. The summed E-state index contributed by atoms with van der Waals surface area (Å²) in [6, 6.07) is 19.6. The molecule has 0 radical (unpaired) electrons. The van der Waals surface area contributed by atoms with Crippen molar-refractivity contribution in [2.75, 3.05) is 0 Å². The molecule has 3 aromatic carbocycles. The van der Waals surface area contributed by atoms with Gasteiger partial charge in [-0.3, -0.25) is 4.98 Å². The summed E-state index contributed by atoms with van der Waals surface area (Å²) in [4.78, 5) is 6.39. The number of thiophene rings is 1. The molecule has 0 aliphatic rings. The molecule has 0 spiro atoms. The van der Waals surface area contributed by atoms with Crippen molar-refractivity contribution in [1.82, 2.24) is 4.98 Å². The number of para-hydroxylation sites is 1. The van der Waals surface area contributed by atoms with Crippen LogP contribution in [0.15, 0.2) is 65.2 Å². The quantitative estimate of drug-likeness (QED) is 0.242. The van der Waals surface area contributed by atoms with Crippen molar-refractivity contribution in [2.24, 2.45) is 0 Å². The molecule has 3 heteroatoms. The molecular formula is C33H31NOS. The van der Waals surface area contributed by atoms with Gasteiger partial charge in [0.1, 0.15) is 11.2 Å². The highest BCUT2D eigenvalue weighted by atomic mass is 32.1. The third kappa shape index (κ3) is 3.41. The molecule has 0 saturated carbocycles. The van der Waals surface area contributed by atoms with Crippen LogP contribution in [0.25, 0.3) is 54.4 Å². The molecule has 0 unspecified atom stereocenters. The van der Waals surface area contributed by atoms with E-state index in [9.17, 15) is 0 Å². The summed E-state index contributed by atoms with van der Waals surface area (Å²) in [6.07, 6.45) is 2.07. The molecule has 180 valence electrons. The number of rotatable bonds is 2. The van der Waals surface area contributed by atoms with Gasteiger partial charge in [-0.25, -0.2) is 0 Å². The van der Waals surface area contributed by atoms with Gasteiger partial charge in [0.05, 0.1) is 5.69 Å². The van der Waals surface area contributed by atoms with E-state index in [1.807, 2.05) is 11.3 Å². The van der Waals surface area contributed by atoms with Crippen molar-refractivity contribution in [2.45, 2.75) is 53.9 Å². The lowest BCUT2D eigenvalue weighted by Crippen LogP contribution is -2.14. The highest BCUT2D eigenvalue weighted by molar-refractivity contribution is 7.20. The van der Waals surface area contributed by atoms with E-state index in [0.29, 0.717) is 0 Å². The van der Waals surface area contributed by atoms with Crippen LogP contribution in [0.5, 0.6) is 0 Å². The second-order valence-electron chi connectivity index (χ2n) is 11.0. The van der Waals surface area contributed by atoms with Gasteiger partial charge in [0.25, 0.3) is 0 Å². The Morgan fingerprint density at radius 3 is 2.25 bits per heavy atom. The number of fused-ring (bicyclic) bond motifs is 5. The van der Waals surface area contributed by atoms with E-state index in [-0.39, 0.29) is 5.41 Å². The largest absolute Gasteiger partial charge is 0.455 e. The third-order valence-corrected chi connectivity index (χ3v) is 8.78. The first kappa shape index (κ1) is 23.0. The van der Waals surface area contributed by atoms with Gasteiger partial charge < -0.3 is 4.42 Å². The summed E-state index contributed by atoms with van der Waals surface area (Å²) in [5, 5.41) is 3.70. The van der Waals surface area contributed by atoms with E-state index in [1.165, 1.54) is 53.7 Å². The maximum absolute atomic E-state index is 6.54. The fraction of sp³-hybridized carbons (Fsp3) is 0.242. The summed E-state index contributed by atoms with van der Waals surface area (Å²) in [5.41, 5.74) is 11.5. The molecule has 6 aromatic rings. The second-order valence-corrected chi connectivity index (χ2v) is 12.2. The van der Waals surface area contributed by atoms with E-state index < -0.39 is 0 Å². The van der Waals surface area contributed by atoms with Crippen LogP contribution in [0, 0.1) is 27.7 Å². The summed E-state index contributed by atoms with van der Waals surface area (Å²) in [7, 11) is 0. The van der Waals surface area contributed by atoms with Crippen LogP contribution in [0.3, 0.4) is 0 Å². The van der Waals surface area contributed by atoms with Crippen LogP contribution >= 0.6 is 11.3 Å². The van der Waals surface area contributed by atoms with E-state index in [2.05, 4.69) is 109 Å². The van der Waals surface area contributed by atoms with Crippen molar-refractivity contribution in [3.63, 3.8) is 0 Å². The number of nitrogens with zero attached hydrogens (tertiary/aromatic N) is 1. The third-order valence-electron chi connectivity index (χ3n) is 7.54. The fourth-order valence-electron chi connectivity index (χ4n) is 5.54. The van der Waals surface area contributed by atoms with Gasteiger partial charge in [-0.05, 0) is 90.6 Å². The molecule has 3 heterocycles. The molecule has 0 bridgehead atoms. The fourth-order valence-corrected chi connectivity index (χ4v) is 6.76. The summed E-state index contributed by atoms with van der Waals surface area (Å²) in [5.74, 6) is 0. The van der Waals surface area contributed by atoms with Gasteiger partial charge in [-0.2, -0.15) is 0 Å². The Bertz CT molecular complexity index is 1790. The van der Waals surface area contributed by atoms with Crippen LogP contribution in [-0.4, -0.2) is 4.98 Å². The predicted octanol–water partition coefficient (Wildman–Crippen LogP) is 10.1. The van der Waals surface area contributed by atoms with Crippen LogP contribution in [-0.2, 0) is 5.41 Å². The van der Waals surface area contributed by atoms with E-state index >= 15 is 0 Å². The van der Waals surface area contributed by atoms with Gasteiger partial charge in [-0.1, -0.05) is 51.1 Å². The Morgan fingerprint density at radius 1 is 0.806 bits per heavy atom. The standard InChI is InChI=1S/C33H31NOS/c1-18-10-8-11-19(2)29(18)25-17-34-27(16-26(25)33(5,6)7)23-12-9-13-24-30-28(35-31(23)24)15-14-22-20(3)21(4)36-32(22)30/h8-17H,1-7H3. The smallest absolute Gasteiger partial charge is 0.144 e. The molecule has 0 N–H and O–H groups in total. The van der Waals surface area contributed by atoms with Crippen LogP contribution in [0.4, 0.5) is 0 Å². The average molecular weight is 490 g/mol. The average Bonchev–Trinajstić information content (AvgIpc) is 3.35.